The van der Waals surface area contributed by atoms with Crippen molar-refractivity contribution in [1.82, 2.24) is 15.3 Å². The van der Waals surface area contributed by atoms with Gasteiger partial charge < -0.3 is 45.9 Å². The van der Waals surface area contributed by atoms with Crippen molar-refractivity contribution in [3.05, 3.63) is 46.0 Å². The zero-order valence-corrected chi connectivity index (χ0v) is 25.6. The normalized spacial score (nSPS) is 16.5. The number of aromatic hydroxyl groups is 2. The molecule has 44 heavy (non-hydrogen) atoms. The number of nitrogens with one attached hydrogen (secondary N) is 1. The highest BCUT2D eigenvalue weighted by molar-refractivity contribution is 7.46. The molecule has 0 bridgehead atoms. The molecule has 3 rings (SSSR count). The van der Waals surface area contributed by atoms with E-state index in [-0.39, 0.29) is 63.8 Å². The number of carbonyl (C=O) groups is 3. The van der Waals surface area contributed by atoms with E-state index in [1.54, 1.807) is 0 Å². The molecule has 246 valence electrons. The van der Waals surface area contributed by atoms with Gasteiger partial charge in [-0.2, -0.15) is 0 Å². The van der Waals surface area contributed by atoms with Crippen molar-refractivity contribution in [3.8, 4) is 11.5 Å². The Morgan fingerprint density at radius 1 is 0.909 bits per heavy atom. The zero-order valence-electron chi connectivity index (χ0n) is 23.8. The minimum absolute atomic E-state index is 0.0262. The predicted molar refractivity (Wildman–Crippen MR) is 152 cm³/mol. The first-order chi connectivity index (χ1) is 20.4. The summed E-state index contributed by atoms with van der Waals surface area (Å²) in [6.07, 6.45) is 7.54. The molecule has 18 nitrogen and oxygen atoms in total. The smallest absolute Gasteiger partial charge is 0.469 e. The molecule has 2 aromatic heterocycles. The average molecular weight is 667 g/mol. The van der Waals surface area contributed by atoms with Crippen LogP contribution in [0.4, 0.5) is 0 Å². The number of hydrogen-bond donors (Lipinski definition) is 9. The lowest BCUT2D eigenvalue weighted by Gasteiger charge is -2.28. The minimum atomic E-state index is -4.61. The number of aliphatic carboxylic acids is 1. The number of aldehydes is 2. The number of pyridine rings is 2. The Labute approximate surface area is 251 Å². The van der Waals surface area contributed by atoms with Crippen LogP contribution >= 0.6 is 15.6 Å². The van der Waals surface area contributed by atoms with E-state index in [9.17, 15) is 33.7 Å². The summed E-state index contributed by atoms with van der Waals surface area (Å²) in [6, 6.07) is 0.341. The highest BCUT2D eigenvalue weighted by atomic mass is 31.2. The molecule has 2 atom stereocenters. The molecule has 0 amide bonds. The predicted octanol–water partition coefficient (Wildman–Crippen LogP) is 0.965. The molecule has 2 aromatic rings. The summed E-state index contributed by atoms with van der Waals surface area (Å²) in [5.41, 5.74) is 6.37. The number of phosphoric ester groups is 2. The fourth-order valence-corrected chi connectivity index (χ4v) is 4.35. The van der Waals surface area contributed by atoms with Crippen LogP contribution < -0.4 is 11.1 Å². The Bertz CT molecular complexity index is 1300. The van der Waals surface area contributed by atoms with Gasteiger partial charge in [0.1, 0.15) is 11.5 Å². The Morgan fingerprint density at radius 2 is 1.32 bits per heavy atom. The van der Waals surface area contributed by atoms with Crippen molar-refractivity contribution in [2.75, 3.05) is 6.54 Å². The summed E-state index contributed by atoms with van der Waals surface area (Å²) in [4.78, 5) is 73.0. The van der Waals surface area contributed by atoms with Crippen LogP contribution in [0.15, 0.2) is 12.4 Å². The van der Waals surface area contributed by atoms with E-state index in [0.29, 0.717) is 12.6 Å². The summed E-state index contributed by atoms with van der Waals surface area (Å²) >= 11 is 0. The van der Waals surface area contributed by atoms with E-state index in [1.807, 2.05) is 0 Å². The third kappa shape index (κ3) is 14.1. The van der Waals surface area contributed by atoms with Crippen LogP contribution in [0.1, 0.15) is 68.9 Å². The van der Waals surface area contributed by atoms with E-state index in [2.05, 4.69) is 24.3 Å². The van der Waals surface area contributed by atoms with Crippen LogP contribution in [0.3, 0.4) is 0 Å². The molecule has 0 saturated heterocycles. The van der Waals surface area contributed by atoms with Gasteiger partial charge in [-0.05, 0) is 26.7 Å². The number of nitrogens with two attached hydrogens (primary N) is 1. The fourth-order valence-electron chi connectivity index (χ4n) is 3.74. The standard InChI is InChI=1S/C8H16N2O2.2C8H10NO6P/c9-6-3-1-2-4-7(6)10-5-8(11)12;2*1-5-8(11)7(3-10)6(2-9-5)4-15-16(12,13)14/h6-7,10H,1-5,9H2,(H,11,12);2*2-3,11H,4H2,1H3,(H2,12,13,14)/t6-,7+;;/m1../s1. The first kappa shape index (κ1) is 38.9. The molecule has 0 unspecified atom stereocenters. The SMILES string of the molecule is Cc1ncc(COP(=O)(O)O)c(C=O)c1O.Cc1ncc(COP(=O)(O)O)c(C=O)c1O.N[C@@H]1CCCC[C@@H]1NCC(=O)O. The van der Waals surface area contributed by atoms with Gasteiger partial charge in [0.25, 0.3) is 0 Å². The number of nitrogens with zero attached hydrogens (tertiary/aromatic N) is 2. The number of carboxylic acids is 1. The summed E-state index contributed by atoms with van der Waals surface area (Å²) in [7, 11) is -9.23. The minimum Gasteiger partial charge on any atom is -0.505 e. The first-order valence-electron chi connectivity index (χ1n) is 12.8. The molecule has 2 heterocycles. The average Bonchev–Trinajstić information content (AvgIpc) is 2.93. The van der Waals surface area contributed by atoms with Crippen LogP contribution in [-0.2, 0) is 36.2 Å². The number of aryl methyl sites for hydroxylation is 2. The van der Waals surface area contributed by atoms with Gasteiger partial charge in [0.05, 0.1) is 42.3 Å². The van der Waals surface area contributed by atoms with E-state index in [0.717, 1.165) is 19.3 Å². The molecule has 0 radical (unpaired) electrons. The lowest BCUT2D eigenvalue weighted by Crippen LogP contribution is -2.48. The maximum atomic E-state index is 10.7. The number of hydrogen-bond acceptors (Lipinski definition) is 13. The fraction of sp³-hybridized carbons (Fsp3) is 0.458. The van der Waals surface area contributed by atoms with Crippen LogP contribution in [0, 0.1) is 13.8 Å². The third-order valence-corrected chi connectivity index (χ3v) is 6.99. The molecule has 0 aromatic carbocycles. The molecular weight excluding hydrogens is 630 g/mol. The number of rotatable bonds is 11. The van der Waals surface area contributed by atoms with Crippen molar-refractivity contribution in [2.24, 2.45) is 5.73 Å². The van der Waals surface area contributed by atoms with Gasteiger partial charge in [-0.3, -0.25) is 33.4 Å². The van der Waals surface area contributed by atoms with Crippen molar-refractivity contribution < 1.29 is 67.5 Å². The summed E-state index contributed by atoms with van der Waals surface area (Å²) in [5.74, 6) is -1.45. The van der Waals surface area contributed by atoms with Gasteiger partial charge in [-0.15, -0.1) is 0 Å². The molecule has 1 saturated carbocycles. The molecule has 0 spiro atoms. The van der Waals surface area contributed by atoms with Crippen molar-refractivity contribution in [1.29, 1.82) is 0 Å². The van der Waals surface area contributed by atoms with E-state index < -0.39 is 34.8 Å². The quantitative estimate of drug-likeness (QED) is 0.119. The lowest BCUT2D eigenvalue weighted by molar-refractivity contribution is -0.136. The van der Waals surface area contributed by atoms with Crippen LogP contribution in [-0.4, -0.2) is 82.0 Å². The second-order valence-electron chi connectivity index (χ2n) is 9.36. The van der Waals surface area contributed by atoms with Crippen LogP contribution in [0.2, 0.25) is 0 Å². The van der Waals surface area contributed by atoms with E-state index in [1.165, 1.54) is 32.7 Å². The Kier molecular flexibility index (Phi) is 15.9. The molecule has 20 heteroatoms. The molecule has 10 N–H and O–H groups in total. The van der Waals surface area contributed by atoms with Gasteiger partial charge >= 0.3 is 21.6 Å². The molecule has 1 aliphatic carbocycles. The van der Waals surface area contributed by atoms with Crippen LogP contribution in [0.25, 0.3) is 0 Å². The zero-order chi connectivity index (χ0) is 33.7. The summed E-state index contributed by atoms with van der Waals surface area (Å²) in [6.45, 7) is 2.02. The highest BCUT2D eigenvalue weighted by Gasteiger charge is 2.22. The van der Waals surface area contributed by atoms with E-state index in [4.69, 9.17) is 30.4 Å². The van der Waals surface area contributed by atoms with Gasteiger partial charge in [0, 0.05) is 35.6 Å². The van der Waals surface area contributed by atoms with E-state index >= 15 is 0 Å². The van der Waals surface area contributed by atoms with Crippen molar-refractivity contribution in [2.45, 2.75) is 64.8 Å². The van der Waals surface area contributed by atoms with Gasteiger partial charge in [0.2, 0.25) is 0 Å². The highest BCUT2D eigenvalue weighted by Crippen LogP contribution is 2.38. The summed E-state index contributed by atoms with van der Waals surface area (Å²) in [5, 5.41) is 30.3. The molecule has 1 fully saturated rings. The summed E-state index contributed by atoms with van der Waals surface area (Å²) < 4.78 is 29.3. The maximum absolute atomic E-state index is 10.7. The third-order valence-electron chi connectivity index (χ3n) is 6.06. The number of carboxylic acid groups (broad SMARTS) is 1. The number of phosphoric acid groups is 2. The Hall–Kier alpha value is -3.15. The Balaban J connectivity index is 0.000000334. The second-order valence-corrected chi connectivity index (χ2v) is 11.8. The molecule has 1 aliphatic rings. The van der Waals surface area contributed by atoms with Crippen molar-refractivity contribution >= 4 is 34.2 Å². The van der Waals surface area contributed by atoms with Crippen LogP contribution in [0.5, 0.6) is 11.5 Å². The maximum Gasteiger partial charge on any atom is 0.469 e. The second kappa shape index (κ2) is 18.0. The van der Waals surface area contributed by atoms with Gasteiger partial charge in [-0.1, -0.05) is 12.8 Å². The number of aromatic nitrogens is 2. The monoisotopic (exact) mass is 666 g/mol. The topological polar surface area (TPSA) is 309 Å². The first-order valence-corrected chi connectivity index (χ1v) is 15.8. The lowest BCUT2D eigenvalue weighted by atomic mass is 9.91. The van der Waals surface area contributed by atoms with Gasteiger partial charge in [0.15, 0.2) is 12.6 Å². The van der Waals surface area contributed by atoms with Crippen molar-refractivity contribution in [3.63, 3.8) is 0 Å². The van der Waals surface area contributed by atoms with Gasteiger partial charge in [-0.25, -0.2) is 9.13 Å². The Morgan fingerprint density at radius 3 is 1.66 bits per heavy atom. The molecular formula is C24H36N4O14P2. The largest absolute Gasteiger partial charge is 0.505 e. The molecule has 0 aliphatic heterocycles. The number of carbonyl (C=O) groups excluding carboxylic acids is 2.